The van der Waals surface area contributed by atoms with Gasteiger partial charge in [-0.3, -0.25) is 0 Å². The van der Waals surface area contributed by atoms with E-state index >= 15 is 0 Å². The van der Waals surface area contributed by atoms with E-state index in [1.165, 1.54) is 0 Å². The number of aromatic nitrogens is 4. The molecule has 20 heavy (non-hydrogen) atoms. The van der Waals surface area contributed by atoms with Crippen molar-refractivity contribution in [2.75, 3.05) is 0 Å². The Morgan fingerprint density at radius 1 is 1.15 bits per heavy atom. The van der Waals surface area contributed by atoms with Crippen LogP contribution in [-0.4, -0.2) is 19.9 Å². The number of halogens is 3. The van der Waals surface area contributed by atoms with Gasteiger partial charge in [0.15, 0.2) is 5.69 Å². The molecule has 0 fully saturated rings. The SMILES string of the molecule is Cc1cc(COc2nccc(C(F)(F)F)n2)nc(C)n1. The molecule has 0 saturated carbocycles. The quantitative estimate of drug-likeness (QED) is 0.866. The van der Waals surface area contributed by atoms with E-state index in [1.54, 1.807) is 19.9 Å². The van der Waals surface area contributed by atoms with Crippen molar-refractivity contribution in [2.24, 2.45) is 0 Å². The Bertz CT molecular complexity index is 596. The van der Waals surface area contributed by atoms with Crippen LogP contribution < -0.4 is 4.74 Å². The first-order chi connectivity index (χ1) is 9.34. The molecule has 2 heterocycles. The van der Waals surface area contributed by atoms with Crippen LogP contribution in [0, 0.1) is 13.8 Å². The third kappa shape index (κ3) is 3.62. The lowest BCUT2D eigenvalue weighted by molar-refractivity contribution is -0.141. The molecule has 2 rings (SSSR count). The molecule has 8 heteroatoms. The van der Waals surface area contributed by atoms with Gasteiger partial charge in [-0.1, -0.05) is 0 Å². The van der Waals surface area contributed by atoms with E-state index in [0.29, 0.717) is 11.5 Å². The fourth-order valence-corrected chi connectivity index (χ4v) is 1.57. The van der Waals surface area contributed by atoms with E-state index in [0.717, 1.165) is 18.0 Å². The van der Waals surface area contributed by atoms with Gasteiger partial charge in [-0.25, -0.2) is 15.0 Å². The van der Waals surface area contributed by atoms with E-state index in [4.69, 9.17) is 4.74 Å². The molecule has 106 valence electrons. The van der Waals surface area contributed by atoms with E-state index in [-0.39, 0.29) is 12.6 Å². The molecule has 2 aromatic rings. The molecule has 2 aromatic heterocycles. The van der Waals surface area contributed by atoms with Gasteiger partial charge < -0.3 is 4.74 Å². The lowest BCUT2D eigenvalue weighted by atomic mass is 10.3. The van der Waals surface area contributed by atoms with Gasteiger partial charge in [0.2, 0.25) is 0 Å². The maximum absolute atomic E-state index is 12.5. The Balaban J connectivity index is 2.11. The van der Waals surface area contributed by atoms with E-state index < -0.39 is 11.9 Å². The first kappa shape index (κ1) is 14.2. The third-order valence-electron chi connectivity index (χ3n) is 2.29. The van der Waals surface area contributed by atoms with E-state index in [1.807, 2.05) is 0 Å². The molecule has 0 N–H and O–H groups in total. The minimum atomic E-state index is -4.52. The number of hydrogen-bond acceptors (Lipinski definition) is 5. The normalized spacial score (nSPS) is 11.4. The summed E-state index contributed by atoms with van der Waals surface area (Å²) < 4.78 is 42.5. The van der Waals surface area contributed by atoms with Gasteiger partial charge in [0.25, 0.3) is 0 Å². The lowest BCUT2D eigenvalue weighted by Crippen LogP contribution is -2.10. The van der Waals surface area contributed by atoms with Crippen LogP contribution in [0.4, 0.5) is 13.2 Å². The summed E-state index contributed by atoms with van der Waals surface area (Å²) in [6.45, 7) is 3.49. The van der Waals surface area contributed by atoms with Crippen LogP contribution in [0.5, 0.6) is 6.01 Å². The van der Waals surface area contributed by atoms with Gasteiger partial charge in [0.05, 0.1) is 5.69 Å². The Labute approximate surface area is 112 Å². The van der Waals surface area contributed by atoms with Crippen molar-refractivity contribution >= 4 is 0 Å². The molecule has 5 nitrogen and oxygen atoms in total. The molecule has 0 unspecified atom stereocenters. The number of aryl methyl sites for hydroxylation is 2. The second kappa shape index (κ2) is 5.40. The van der Waals surface area contributed by atoms with E-state index in [2.05, 4.69) is 19.9 Å². The van der Waals surface area contributed by atoms with Crippen LogP contribution >= 0.6 is 0 Å². The summed E-state index contributed by atoms with van der Waals surface area (Å²) in [5.74, 6) is 0.563. The highest BCUT2D eigenvalue weighted by molar-refractivity contribution is 5.11. The highest BCUT2D eigenvalue weighted by atomic mass is 19.4. The maximum atomic E-state index is 12.5. The van der Waals surface area contributed by atoms with Crippen molar-refractivity contribution in [1.29, 1.82) is 0 Å². The number of nitrogens with zero attached hydrogens (tertiary/aromatic N) is 4. The third-order valence-corrected chi connectivity index (χ3v) is 2.29. The Hall–Kier alpha value is -2.25. The van der Waals surface area contributed by atoms with Gasteiger partial charge >= 0.3 is 12.2 Å². The molecule has 0 saturated heterocycles. The summed E-state index contributed by atoms with van der Waals surface area (Å²) in [4.78, 5) is 15.1. The van der Waals surface area contributed by atoms with Gasteiger partial charge in [0, 0.05) is 11.9 Å². The van der Waals surface area contributed by atoms with Gasteiger partial charge in [-0.15, -0.1) is 0 Å². The van der Waals surface area contributed by atoms with Crippen molar-refractivity contribution in [3.63, 3.8) is 0 Å². The van der Waals surface area contributed by atoms with E-state index in [9.17, 15) is 13.2 Å². The Morgan fingerprint density at radius 3 is 2.55 bits per heavy atom. The van der Waals surface area contributed by atoms with Crippen molar-refractivity contribution in [3.8, 4) is 6.01 Å². The average Bonchev–Trinajstić information content (AvgIpc) is 2.35. The summed E-state index contributed by atoms with van der Waals surface area (Å²) in [7, 11) is 0. The fraction of sp³-hybridized carbons (Fsp3) is 0.333. The first-order valence-corrected chi connectivity index (χ1v) is 5.69. The van der Waals surface area contributed by atoms with Crippen LogP contribution in [0.1, 0.15) is 22.9 Å². The van der Waals surface area contributed by atoms with Crippen LogP contribution in [0.25, 0.3) is 0 Å². The standard InChI is InChI=1S/C12H11F3N4O/c1-7-5-9(18-8(2)17-7)6-20-11-16-4-3-10(19-11)12(13,14)15/h3-5H,6H2,1-2H3. The molecule has 0 atom stereocenters. The highest BCUT2D eigenvalue weighted by Crippen LogP contribution is 2.27. The summed E-state index contributed by atoms with van der Waals surface area (Å²) in [6.07, 6.45) is -3.52. The molecule has 0 aliphatic heterocycles. The summed E-state index contributed by atoms with van der Waals surface area (Å²) in [5.41, 5.74) is 0.259. The predicted octanol–water partition coefficient (Wildman–Crippen LogP) is 2.48. The summed E-state index contributed by atoms with van der Waals surface area (Å²) in [5, 5.41) is 0. The Kier molecular flexibility index (Phi) is 3.82. The predicted molar refractivity (Wildman–Crippen MR) is 62.9 cm³/mol. The summed E-state index contributed by atoms with van der Waals surface area (Å²) in [6, 6.07) is 2.13. The Morgan fingerprint density at radius 2 is 1.90 bits per heavy atom. The molecule has 0 aromatic carbocycles. The van der Waals surface area contributed by atoms with Crippen LogP contribution in [0.15, 0.2) is 18.3 Å². The molecule has 0 spiro atoms. The van der Waals surface area contributed by atoms with Crippen LogP contribution in [-0.2, 0) is 12.8 Å². The molecule has 0 bridgehead atoms. The number of ether oxygens (including phenoxy) is 1. The molecule has 0 amide bonds. The lowest BCUT2D eigenvalue weighted by Gasteiger charge is -2.08. The number of alkyl halides is 3. The van der Waals surface area contributed by atoms with Crippen LogP contribution in [0.2, 0.25) is 0 Å². The largest absolute Gasteiger partial charge is 0.457 e. The van der Waals surface area contributed by atoms with Crippen molar-refractivity contribution in [3.05, 3.63) is 41.2 Å². The zero-order valence-corrected chi connectivity index (χ0v) is 10.8. The molecule has 0 radical (unpaired) electrons. The smallest absolute Gasteiger partial charge is 0.433 e. The summed E-state index contributed by atoms with van der Waals surface area (Å²) >= 11 is 0. The molecular weight excluding hydrogens is 273 g/mol. The molecule has 0 aliphatic carbocycles. The average molecular weight is 284 g/mol. The van der Waals surface area contributed by atoms with Crippen molar-refractivity contribution in [2.45, 2.75) is 26.6 Å². The van der Waals surface area contributed by atoms with Crippen molar-refractivity contribution < 1.29 is 17.9 Å². The van der Waals surface area contributed by atoms with Crippen molar-refractivity contribution in [1.82, 2.24) is 19.9 Å². The van der Waals surface area contributed by atoms with Crippen LogP contribution in [0.3, 0.4) is 0 Å². The molecule has 0 aliphatic rings. The minimum absolute atomic E-state index is 0.0223. The number of hydrogen-bond donors (Lipinski definition) is 0. The second-order valence-corrected chi connectivity index (χ2v) is 4.06. The topological polar surface area (TPSA) is 60.8 Å². The molecular formula is C12H11F3N4O. The van der Waals surface area contributed by atoms with Gasteiger partial charge in [-0.05, 0) is 26.0 Å². The highest BCUT2D eigenvalue weighted by Gasteiger charge is 2.33. The number of rotatable bonds is 3. The minimum Gasteiger partial charge on any atom is -0.457 e. The second-order valence-electron chi connectivity index (χ2n) is 4.06. The monoisotopic (exact) mass is 284 g/mol. The van der Waals surface area contributed by atoms with Gasteiger partial charge in [0.1, 0.15) is 12.4 Å². The maximum Gasteiger partial charge on any atom is 0.433 e. The zero-order valence-electron chi connectivity index (χ0n) is 10.8. The van der Waals surface area contributed by atoms with Gasteiger partial charge in [-0.2, -0.15) is 18.2 Å². The zero-order chi connectivity index (χ0) is 14.8. The first-order valence-electron chi connectivity index (χ1n) is 5.69. The fourth-order valence-electron chi connectivity index (χ4n) is 1.57.